The van der Waals surface area contributed by atoms with E-state index in [0.717, 1.165) is 15.9 Å². The third-order valence-electron chi connectivity index (χ3n) is 3.01. The average Bonchev–Trinajstić information content (AvgIpc) is 2.53. The van der Waals surface area contributed by atoms with Crippen molar-refractivity contribution in [3.63, 3.8) is 0 Å². The molecule has 0 saturated carbocycles. The number of halogens is 1. The zero-order valence-corrected chi connectivity index (χ0v) is 13.2. The van der Waals surface area contributed by atoms with Gasteiger partial charge in [-0.2, -0.15) is 0 Å². The molecule has 0 atom stereocenters. The molecule has 0 spiro atoms. The summed E-state index contributed by atoms with van der Waals surface area (Å²) in [6, 6.07) is 9.97. The van der Waals surface area contributed by atoms with Gasteiger partial charge in [0.15, 0.2) is 4.80 Å². The minimum atomic E-state index is -1.12. The number of aromatic nitrogens is 2. The van der Waals surface area contributed by atoms with Crippen LogP contribution >= 0.6 is 22.9 Å². The van der Waals surface area contributed by atoms with Crippen molar-refractivity contribution in [3.05, 3.63) is 62.8 Å². The molecular formula is C15H10ClN3O3S. The Morgan fingerprint density at radius 2 is 2.04 bits per heavy atom. The van der Waals surface area contributed by atoms with Crippen LogP contribution in [0.1, 0.15) is 0 Å². The van der Waals surface area contributed by atoms with E-state index in [9.17, 15) is 9.59 Å². The Morgan fingerprint density at radius 1 is 1.30 bits per heavy atom. The molecule has 0 aliphatic rings. The fraction of sp³-hybridized carbons (Fsp3) is 0.0667. The second-order valence-corrected chi connectivity index (χ2v) is 6.01. The van der Waals surface area contributed by atoms with Gasteiger partial charge in [0, 0.05) is 11.2 Å². The van der Waals surface area contributed by atoms with Gasteiger partial charge in [-0.25, -0.2) is 9.98 Å². The lowest BCUT2D eigenvalue weighted by atomic mass is 10.3. The van der Waals surface area contributed by atoms with Gasteiger partial charge in [-0.1, -0.05) is 22.9 Å². The topological polar surface area (TPSA) is 84.5 Å². The summed E-state index contributed by atoms with van der Waals surface area (Å²) in [7, 11) is 0. The standard InChI is InChI=1S/C15H10ClN3O3S/c16-9-3-5-10(6-4-9)18-15-19(8-12(20)21)14(22)11-2-1-7-17-13(11)23-15/h1-7H,8H2,(H,20,21). The maximum atomic E-state index is 12.5. The number of hydrogen-bond donors (Lipinski definition) is 1. The number of hydrogen-bond acceptors (Lipinski definition) is 5. The van der Waals surface area contributed by atoms with E-state index in [2.05, 4.69) is 9.98 Å². The highest BCUT2D eigenvalue weighted by Gasteiger charge is 2.10. The molecule has 23 heavy (non-hydrogen) atoms. The van der Waals surface area contributed by atoms with E-state index in [1.54, 1.807) is 42.6 Å². The molecular weight excluding hydrogens is 338 g/mol. The van der Waals surface area contributed by atoms with Crippen molar-refractivity contribution < 1.29 is 9.90 Å². The first kappa shape index (κ1) is 15.4. The first-order valence-electron chi connectivity index (χ1n) is 6.55. The van der Waals surface area contributed by atoms with Gasteiger partial charge in [0.2, 0.25) is 0 Å². The van der Waals surface area contributed by atoms with Gasteiger partial charge < -0.3 is 5.11 Å². The second kappa shape index (κ2) is 6.31. The number of carboxylic acids is 1. The third-order valence-corrected chi connectivity index (χ3v) is 4.28. The SMILES string of the molecule is O=C(O)Cn1c(=Nc2ccc(Cl)cc2)sc2ncccc2c1=O. The fourth-order valence-corrected chi connectivity index (χ4v) is 3.08. The number of fused-ring (bicyclic) bond motifs is 1. The van der Waals surface area contributed by atoms with Crippen molar-refractivity contribution in [1.29, 1.82) is 0 Å². The van der Waals surface area contributed by atoms with Crippen LogP contribution < -0.4 is 10.4 Å². The quantitative estimate of drug-likeness (QED) is 0.788. The Hall–Kier alpha value is -2.51. The summed E-state index contributed by atoms with van der Waals surface area (Å²) < 4.78 is 1.13. The molecule has 8 heteroatoms. The summed E-state index contributed by atoms with van der Waals surface area (Å²) in [5.74, 6) is -1.12. The second-order valence-electron chi connectivity index (χ2n) is 4.61. The summed E-state index contributed by atoms with van der Waals surface area (Å²) in [6.45, 7) is -0.466. The number of benzene rings is 1. The molecule has 3 aromatic rings. The van der Waals surface area contributed by atoms with Gasteiger partial charge in [-0.3, -0.25) is 14.2 Å². The van der Waals surface area contributed by atoms with Crippen LogP contribution in [0.2, 0.25) is 5.02 Å². The van der Waals surface area contributed by atoms with E-state index in [4.69, 9.17) is 16.7 Å². The molecule has 0 fully saturated rings. The summed E-state index contributed by atoms with van der Waals surface area (Å²) in [5.41, 5.74) is 0.140. The Kier molecular flexibility index (Phi) is 4.22. The molecule has 0 saturated heterocycles. The van der Waals surface area contributed by atoms with Gasteiger partial charge >= 0.3 is 5.97 Å². The average molecular weight is 348 g/mol. The molecule has 0 radical (unpaired) electrons. The number of carbonyl (C=O) groups is 1. The highest BCUT2D eigenvalue weighted by Crippen LogP contribution is 2.16. The molecule has 2 heterocycles. The van der Waals surface area contributed by atoms with Crippen molar-refractivity contribution in [1.82, 2.24) is 9.55 Å². The lowest BCUT2D eigenvalue weighted by molar-refractivity contribution is -0.137. The number of pyridine rings is 1. The van der Waals surface area contributed by atoms with E-state index in [1.807, 2.05) is 0 Å². The van der Waals surface area contributed by atoms with E-state index in [1.165, 1.54) is 0 Å². The van der Waals surface area contributed by atoms with Crippen LogP contribution in [-0.2, 0) is 11.3 Å². The summed E-state index contributed by atoms with van der Waals surface area (Å²) in [4.78, 5) is 32.9. The molecule has 0 bridgehead atoms. The monoisotopic (exact) mass is 347 g/mol. The maximum Gasteiger partial charge on any atom is 0.323 e. The van der Waals surface area contributed by atoms with Crippen molar-refractivity contribution in [2.45, 2.75) is 6.54 Å². The Balaban J connectivity index is 2.31. The Bertz CT molecular complexity index is 1010. The molecule has 0 aliphatic carbocycles. The van der Waals surface area contributed by atoms with Crippen molar-refractivity contribution >= 4 is 44.8 Å². The highest BCUT2D eigenvalue weighted by molar-refractivity contribution is 7.15. The molecule has 0 amide bonds. The normalized spacial score (nSPS) is 11.8. The minimum absolute atomic E-state index is 0.269. The predicted molar refractivity (Wildman–Crippen MR) is 88.2 cm³/mol. The van der Waals surface area contributed by atoms with Crippen molar-refractivity contribution in [2.24, 2.45) is 4.99 Å². The lowest BCUT2D eigenvalue weighted by Crippen LogP contribution is -2.34. The molecule has 1 N–H and O–H groups in total. The summed E-state index contributed by atoms with van der Waals surface area (Å²) in [6.07, 6.45) is 1.58. The predicted octanol–water partition coefficient (Wildman–Crippen LogP) is 2.43. The number of nitrogens with zero attached hydrogens (tertiary/aromatic N) is 3. The van der Waals surface area contributed by atoms with Gasteiger partial charge in [0.25, 0.3) is 5.56 Å². The first-order chi connectivity index (χ1) is 11.0. The van der Waals surface area contributed by atoms with Crippen LogP contribution in [-0.4, -0.2) is 20.6 Å². The van der Waals surface area contributed by atoms with Crippen LogP contribution in [0.25, 0.3) is 10.2 Å². The van der Waals surface area contributed by atoms with Gasteiger partial charge in [0.05, 0.1) is 11.1 Å². The smallest absolute Gasteiger partial charge is 0.323 e. The lowest BCUT2D eigenvalue weighted by Gasteiger charge is -2.05. The molecule has 0 unspecified atom stereocenters. The minimum Gasteiger partial charge on any atom is -0.480 e. The number of carboxylic acid groups (broad SMARTS) is 1. The van der Waals surface area contributed by atoms with E-state index in [0.29, 0.717) is 20.9 Å². The summed E-state index contributed by atoms with van der Waals surface area (Å²) >= 11 is 6.99. The van der Waals surface area contributed by atoms with Crippen LogP contribution in [0.4, 0.5) is 5.69 Å². The molecule has 0 aliphatic heterocycles. The maximum absolute atomic E-state index is 12.5. The molecule has 3 rings (SSSR count). The van der Waals surface area contributed by atoms with E-state index >= 15 is 0 Å². The number of aliphatic carboxylic acids is 1. The van der Waals surface area contributed by atoms with Crippen LogP contribution in [0.3, 0.4) is 0 Å². The van der Waals surface area contributed by atoms with E-state index < -0.39 is 18.1 Å². The van der Waals surface area contributed by atoms with Gasteiger partial charge in [-0.15, -0.1) is 0 Å². The zero-order valence-electron chi connectivity index (χ0n) is 11.6. The Morgan fingerprint density at radius 3 is 2.74 bits per heavy atom. The molecule has 6 nitrogen and oxygen atoms in total. The summed E-state index contributed by atoms with van der Waals surface area (Å²) in [5, 5.41) is 10.00. The molecule has 2 aromatic heterocycles. The van der Waals surface area contributed by atoms with Crippen LogP contribution in [0.15, 0.2) is 52.4 Å². The third kappa shape index (κ3) is 3.30. The van der Waals surface area contributed by atoms with E-state index in [-0.39, 0.29) is 4.80 Å². The fourth-order valence-electron chi connectivity index (χ4n) is 1.99. The van der Waals surface area contributed by atoms with Gasteiger partial charge in [0.1, 0.15) is 11.4 Å². The highest BCUT2D eigenvalue weighted by atomic mass is 35.5. The largest absolute Gasteiger partial charge is 0.480 e. The Labute approximate surface area is 139 Å². The number of rotatable bonds is 3. The van der Waals surface area contributed by atoms with Crippen LogP contribution in [0.5, 0.6) is 0 Å². The van der Waals surface area contributed by atoms with Crippen LogP contribution in [0, 0.1) is 0 Å². The first-order valence-corrected chi connectivity index (χ1v) is 7.75. The molecule has 116 valence electrons. The zero-order chi connectivity index (χ0) is 16.4. The van der Waals surface area contributed by atoms with Crippen molar-refractivity contribution in [2.75, 3.05) is 0 Å². The van der Waals surface area contributed by atoms with Gasteiger partial charge in [-0.05, 0) is 36.4 Å². The molecule has 1 aromatic carbocycles. The van der Waals surface area contributed by atoms with Crippen molar-refractivity contribution in [3.8, 4) is 0 Å².